The number of carbonyl (C=O) groups excluding carboxylic acids is 1. The van der Waals surface area contributed by atoms with Crippen LogP contribution in [0.5, 0.6) is 0 Å². The molecule has 0 N–H and O–H groups in total. The molecule has 0 radical (unpaired) electrons. The van der Waals surface area contributed by atoms with Gasteiger partial charge < -0.3 is 23.4 Å². The van der Waals surface area contributed by atoms with Crippen LogP contribution in [0.15, 0.2) is 27.2 Å². The summed E-state index contributed by atoms with van der Waals surface area (Å²) in [5.41, 5.74) is 0.219. The van der Waals surface area contributed by atoms with Crippen molar-refractivity contribution in [3.8, 4) is 17.7 Å². The van der Waals surface area contributed by atoms with Crippen molar-refractivity contribution in [3.63, 3.8) is 0 Å². The van der Waals surface area contributed by atoms with E-state index in [2.05, 4.69) is 24.9 Å². The Morgan fingerprint density at radius 1 is 1.32 bits per heavy atom. The van der Waals surface area contributed by atoms with Crippen LogP contribution >= 0.6 is 0 Å². The van der Waals surface area contributed by atoms with Crippen LogP contribution in [0.25, 0.3) is 11.7 Å². The monoisotopic (exact) mass is 386 g/mol. The Hall–Kier alpha value is -2.79. The molecule has 28 heavy (non-hydrogen) atoms. The van der Waals surface area contributed by atoms with Crippen molar-refractivity contribution in [2.75, 3.05) is 37.7 Å². The maximum Gasteiger partial charge on any atom is 0.266 e. The number of rotatable bonds is 7. The van der Waals surface area contributed by atoms with Gasteiger partial charge in [0.1, 0.15) is 12.2 Å². The van der Waals surface area contributed by atoms with Crippen molar-refractivity contribution in [3.05, 3.63) is 24.1 Å². The van der Waals surface area contributed by atoms with Gasteiger partial charge in [0.05, 0.1) is 6.26 Å². The molecule has 8 nitrogen and oxygen atoms in total. The van der Waals surface area contributed by atoms with Gasteiger partial charge in [-0.05, 0) is 31.4 Å². The van der Waals surface area contributed by atoms with Crippen LogP contribution < -0.4 is 4.90 Å². The van der Waals surface area contributed by atoms with Crippen LogP contribution in [0.2, 0.25) is 0 Å². The predicted molar refractivity (Wildman–Crippen MR) is 103 cm³/mol. The van der Waals surface area contributed by atoms with Crippen LogP contribution in [-0.2, 0) is 9.53 Å². The highest BCUT2D eigenvalue weighted by atomic mass is 16.5. The molecule has 1 amide bonds. The first kappa shape index (κ1) is 20.0. The zero-order chi connectivity index (χ0) is 20.1. The zero-order valence-electron chi connectivity index (χ0n) is 16.6. The van der Waals surface area contributed by atoms with Gasteiger partial charge in [-0.1, -0.05) is 13.8 Å². The lowest BCUT2D eigenvalue weighted by atomic mass is 10.1. The molecule has 3 heterocycles. The number of carbonyl (C=O) groups is 1. The minimum Gasteiger partial charge on any atom is -0.459 e. The van der Waals surface area contributed by atoms with Crippen LogP contribution in [0, 0.1) is 17.2 Å². The number of amides is 1. The number of anilines is 1. The summed E-state index contributed by atoms with van der Waals surface area (Å²) in [6, 6.07) is 5.54. The minimum absolute atomic E-state index is 0.00208. The first-order valence-electron chi connectivity index (χ1n) is 9.59. The van der Waals surface area contributed by atoms with E-state index in [0.717, 1.165) is 6.42 Å². The van der Waals surface area contributed by atoms with E-state index in [4.69, 9.17) is 13.6 Å². The van der Waals surface area contributed by atoms with Gasteiger partial charge in [-0.3, -0.25) is 4.79 Å². The number of hydrogen-bond acceptors (Lipinski definition) is 7. The summed E-state index contributed by atoms with van der Waals surface area (Å²) in [5.74, 6) is 1.72. The number of furan rings is 1. The minimum atomic E-state index is -0.448. The van der Waals surface area contributed by atoms with E-state index in [-0.39, 0.29) is 17.5 Å². The second-order valence-electron chi connectivity index (χ2n) is 7.27. The molecule has 0 saturated carbocycles. The Balaban J connectivity index is 1.58. The molecular weight excluding hydrogens is 360 g/mol. The average molecular weight is 386 g/mol. The third-order valence-electron chi connectivity index (χ3n) is 4.74. The number of piperazine rings is 1. The van der Waals surface area contributed by atoms with Crippen LogP contribution in [0.3, 0.4) is 0 Å². The smallest absolute Gasteiger partial charge is 0.266 e. The summed E-state index contributed by atoms with van der Waals surface area (Å²) in [5, 5.41) is 9.38. The summed E-state index contributed by atoms with van der Waals surface area (Å²) in [6.45, 7) is 8.85. The van der Waals surface area contributed by atoms with Crippen molar-refractivity contribution in [2.24, 2.45) is 5.92 Å². The van der Waals surface area contributed by atoms with E-state index in [1.54, 1.807) is 24.0 Å². The van der Waals surface area contributed by atoms with Crippen molar-refractivity contribution < 1.29 is 18.4 Å². The number of aromatic nitrogens is 1. The molecule has 2 aromatic rings. The van der Waals surface area contributed by atoms with Crippen molar-refractivity contribution in [2.45, 2.75) is 33.3 Å². The average Bonchev–Trinajstić information content (AvgIpc) is 3.36. The second-order valence-corrected chi connectivity index (χ2v) is 7.27. The van der Waals surface area contributed by atoms with Gasteiger partial charge in [-0.25, -0.2) is 0 Å². The summed E-state index contributed by atoms with van der Waals surface area (Å²) >= 11 is 0. The maximum atomic E-state index is 12.6. The second kappa shape index (κ2) is 8.93. The standard InChI is InChI=1S/C20H26N4O4/c1-14(2)6-12-26-15(3)19(25)23-7-9-24(10-8-23)20-16(13-21)22-18(28-20)17-5-4-11-27-17/h4-5,11,14-15H,6-10,12H2,1-3H3. The van der Waals surface area contributed by atoms with Gasteiger partial charge in [0.2, 0.25) is 11.6 Å². The Bertz CT molecular complexity index is 814. The first-order chi connectivity index (χ1) is 13.5. The van der Waals surface area contributed by atoms with E-state index < -0.39 is 6.10 Å². The Morgan fingerprint density at radius 3 is 2.68 bits per heavy atom. The highest BCUT2D eigenvalue weighted by Gasteiger charge is 2.29. The molecule has 8 heteroatoms. The number of nitrogens with zero attached hydrogens (tertiary/aromatic N) is 4. The Kier molecular flexibility index (Phi) is 6.37. The Morgan fingerprint density at radius 2 is 2.07 bits per heavy atom. The third kappa shape index (κ3) is 4.54. The van der Waals surface area contributed by atoms with Gasteiger partial charge in [-0.15, -0.1) is 0 Å². The fourth-order valence-corrected chi connectivity index (χ4v) is 3.04. The van der Waals surface area contributed by atoms with Gasteiger partial charge in [0.25, 0.3) is 11.8 Å². The SMILES string of the molecule is CC(C)CCOC(C)C(=O)N1CCN(c2oc(-c3ccco3)nc2C#N)CC1. The van der Waals surface area contributed by atoms with E-state index in [9.17, 15) is 10.1 Å². The maximum absolute atomic E-state index is 12.6. The van der Waals surface area contributed by atoms with Gasteiger partial charge >= 0.3 is 0 Å². The topological polar surface area (TPSA) is 95.7 Å². The first-order valence-corrected chi connectivity index (χ1v) is 9.59. The van der Waals surface area contributed by atoms with Crippen molar-refractivity contribution >= 4 is 11.8 Å². The molecule has 1 aliphatic rings. The lowest BCUT2D eigenvalue weighted by Gasteiger charge is -2.35. The molecule has 0 aromatic carbocycles. The lowest BCUT2D eigenvalue weighted by molar-refractivity contribution is -0.143. The van der Waals surface area contributed by atoms with Gasteiger partial charge in [-0.2, -0.15) is 10.2 Å². The van der Waals surface area contributed by atoms with Crippen LogP contribution in [0.1, 0.15) is 32.9 Å². The van der Waals surface area contributed by atoms with Crippen LogP contribution in [-0.4, -0.2) is 54.7 Å². The number of hydrogen-bond donors (Lipinski definition) is 0. The molecule has 1 saturated heterocycles. The van der Waals surface area contributed by atoms with Gasteiger partial charge in [0, 0.05) is 32.8 Å². The van der Waals surface area contributed by atoms with E-state index in [1.165, 1.54) is 6.26 Å². The fraction of sp³-hybridized carbons (Fsp3) is 0.550. The molecule has 0 bridgehead atoms. The largest absolute Gasteiger partial charge is 0.459 e. The predicted octanol–water partition coefficient (Wildman–Crippen LogP) is 2.91. The van der Waals surface area contributed by atoms with Crippen molar-refractivity contribution in [1.29, 1.82) is 5.26 Å². The van der Waals surface area contributed by atoms with Gasteiger partial charge in [0.15, 0.2) is 5.76 Å². The molecule has 1 aliphatic heterocycles. The summed E-state index contributed by atoms with van der Waals surface area (Å²) in [4.78, 5) is 20.5. The van der Waals surface area contributed by atoms with E-state index in [0.29, 0.717) is 50.3 Å². The Labute approximate surface area is 164 Å². The molecular formula is C20H26N4O4. The number of oxazole rings is 1. The summed E-state index contributed by atoms with van der Waals surface area (Å²) in [7, 11) is 0. The molecule has 0 aliphatic carbocycles. The molecule has 0 spiro atoms. The summed E-state index contributed by atoms with van der Waals surface area (Å²) in [6.07, 6.45) is 2.02. The quantitative estimate of drug-likeness (QED) is 0.722. The third-order valence-corrected chi connectivity index (χ3v) is 4.74. The van der Waals surface area contributed by atoms with E-state index >= 15 is 0 Å². The summed E-state index contributed by atoms with van der Waals surface area (Å²) < 4.78 is 16.7. The highest BCUT2D eigenvalue weighted by molar-refractivity contribution is 5.80. The molecule has 3 rings (SSSR count). The normalized spacial score (nSPS) is 15.7. The molecule has 1 atom stereocenters. The van der Waals surface area contributed by atoms with Crippen molar-refractivity contribution in [1.82, 2.24) is 9.88 Å². The highest BCUT2D eigenvalue weighted by Crippen LogP contribution is 2.29. The lowest BCUT2D eigenvalue weighted by Crippen LogP contribution is -2.51. The van der Waals surface area contributed by atoms with E-state index in [1.807, 2.05) is 4.90 Å². The molecule has 1 fully saturated rings. The number of ether oxygens (including phenoxy) is 1. The fourth-order valence-electron chi connectivity index (χ4n) is 3.04. The zero-order valence-corrected chi connectivity index (χ0v) is 16.6. The molecule has 1 unspecified atom stereocenters. The molecule has 2 aromatic heterocycles. The number of nitriles is 1. The molecule has 150 valence electrons. The van der Waals surface area contributed by atoms with Crippen LogP contribution in [0.4, 0.5) is 5.88 Å².